The smallest absolute Gasteiger partial charge is 0.269 e. The van der Waals surface area contributed by atoms with Crippen LogP contribution in [0.4, 0.5) is 4.39 Å². The summed E-state index contributed by atoms with van der Waals surface area (Å²) in [5.41, 5.74) is 2.80. The first-order valence-electron chi connectivity index (χ1n) is 7.51. The maximum absolute atomic E-state index is 13.5. The van der Waals surface area contributed by atoms with Crippen molar-refractivity contribution in [2.24, 2.45) is 0 Å². The van der Waals surface area contributed by atoms with Crippen LogP contribution in [0.25, 0.3) is 0 Å². The third-order valence-electron chi connectivity index (χ3n) is 3.79. The molecule has 0 fully saturated rings. The Balaban J connectivity index is 2.09. The van der Waals surface area contributed by atoms with Crippen LogP contribution < -0.4 is 10.3 Å². The Morgan fingerprint density at radius 2 is 1.75 bits per heavy atom. The molecule has 24 heavy (non-hydrogen) atoms. The number of halogens is 1. The quantitative estimate of drug-likeness (QED) is 0.787. The molecule has 0 radical (unpaired) electrons. The van der Waals surface area contributed by atoms with Gasteiger partial charge in [0.1, 0.15) is 5.82 Å². The van der Waals surface area contributed by atoms with Crippen LogP contribution in [-0.4, -0.2) is 14.3 Å². The average molecular weight is 350 g/mol. The molecule has 2 aromatic rings. The fraction of sp³-hybridized carbons (Fsp3) is 0.235. The lowest BCUT2D eigenvalue weighted by Crippen LogP contribution is -2.41. The molecule has 0 aliphatic carbocycles. The van der Waals surface area contributed by atoms with Crippen molar-refractivity contribution in [1.29, 1.82) is 0 Å². The van der Waals surface area contributed by atoms with Crippen molar-refractivity contribution < 1.29 is 17.6 Å². The Morgan fingerprint density at radius 3 is 2.33 bits per heavy atom. The normalized spacial score (nSPS) is 12.6. The molecule has 2 aromatic carbocycles. The van der Waals surface area contributed by atoms with E-state index in [2.05, 4.69) is 13.8 Å². The van der Waals surface area contributed by atoms with Crippen LogP contribution in [0.3, 0.4) is 0 Å². The number of sulfonamides is 1. The largest absolute Gasteiger partial charge is 0.273 e. The van der Waals surface area contributed by atoms with Crippen molar-refractivity contribution >= 4 is 15.9 Å². The van der Waals surface area contributed by atoms with Crippen LogP contribution in [0.5, 0.6) is 0 Å². The molecule has 5 nitrogen and oxygen atoms in total. The summed E-state index contributed by atoms with van der Waals surface area (Å²) in [6, 6.07) is 11.7. The molecule has 0 saturated carbocycles. The van der Waals surface area contributed by atoms with Crippen LogP contribution >= 0.6 is 0 Å². The van der Waals surface area contributed by atoms with Gasteiger partial charge in [-0.05, 0) is 42.2 Å². The molecule has 0 unspecified atom stereocenters. The van der Waals surface area contributed by atoms with E-state index < -0.39 is 21.7 Å². The minimum absolute atomic E-state index is 0.0170. The molecule has 1 amide bonds. The van der Waals surface area contributed by atoms with E-state index in [0.717, 1.165) is 18.1 Å². The summed E-state index contributed by atoms with van der Waals surface area (Å²) in [6.45, 7) is 4.10. The molecule has 2 rings (SSSR count). The number of rotatable bonds is 6. The molecular weight excluding hydrogens is 331 g/mol. The number of hydrazine groups is 1. The van der Waals surface area contributed by atoms with Gasteiger partial charge in [-0.25, -0.2) is 12.8 Å². The molecule has 7 heteroatoms. The Kier molecular flexibility index (Phi) is 5.69. The van der Waals surface area contributed by atoms with Crippen LogP contribution in [0.15, 0.2) is 53.4 Å². The lowest BCUT2D eigenvalue weighted by Gasteiger charge is -2.11. The zero-order valence-corrected chi connectivity index (χ0v) is 14.2. The van der Waals surface area contributed by atoms with Crippen molar-refractivity contribution in [3.63, 3.8) is 0 Å². The summed E-state index contributed by atoms with van der Waals surface area (Å²) < 4.78 is 37.9. The van der Waals surface area contributed by atoms with Crippen LogP contribution in [0.2, 0.25) is 0 Å². The lowest BCUT2D eigenvalue weighted by atomic mass is 9.99. The van der Waals surface area contributed by atoms with E-state index in [-0.39, 0.29) is 10.5 Å². The Labute approximate surface area is 140 Å². The molecule has 0 saturated heterocycles. The summed E-state index contributed by atoms with van der Waals surface area (Å²) in [6.07, 6.45) is 0.947. The van der Waals surface area contributed by atoms with E-state index in [1.807, 2.05) is 10.3 Å². The standard InChI is InChI=1S/C17H19FN2O3S/c1-3-12(2)13-8-10-14(11-9-13)24(22,23)20-19-17(21)15-6-4-5-7-16(15)18/h4-12,20H,3H2,1-2H3,(H,19,21)/t12-/m0/s1. The third kappa shape index (κ3) is 4.18. The summed E-state index contributed by atoms with van der Waals surface area (Å²) in [4.78, 5) is 13.8. The fourth-order valence-corrected chi connectivity index (χ4v) is 2.94. The van der Waals surface area contributed by atoms with Gasteiger partial charge in [0.15, 0.2) is 0 Å². The van der Waals surface area contributed by atoms with Crippen molar-refractivity contribution in [2.75, 3.05) is 0 Å². The van der Waals surface area contributed by atoms with E-state index in [4.69, 9.17) is 0 Å². The van der Waals surface area contributed by atoms with E-state index in [1.165, 1.54) is 30.3 Å². The molecule has 0 aromatic heterocycles. The van der Waals surface area contributed by atoms with Crippen molar-refractivity contribution in [2.45, 2.75) is 31.1 Å². The lowest BCUT2D eigenvalue weighted by molar-refractivity contribution is 0.0941. The molecule has 1 atom stereocenters. The SMILES string of the molecule is CC[C@H](C)c1ccc(S(=O)(=O)NNC(=O)c2ccccc2F)cc1. The predicted molar refractivity (Wildman–Crippen MR) is 89.3 cm³/mol. The maximum Gasteiger partial charge on any atom is 0.269 e. The van der Waals surface area contributed by atoms with E-state index in [0.29, 0.717) is 5.92 Å². The van der Waals surface area contributed by atoms with E-state index in [9.17, 15) is 17.6 Å². The minimum Gasteiger partial charge on any atom is -0.273 e. The van der Waals surface area contributed by atoms with Crippen molar-refractivity contribution in [3.8, 4) is 0 Å². The highest BCUT2D eigenvalue weighted by Crippen LogP contribution is 2.20. The number of hydrogen-bond donors (Lipinski definition) is 2. The summed E-state index contributed by atoms with van der Waals surface area (Å²) in [5, 5.41) is 0. The van der Waals surface area contributed by atoms with Gasteiger partial charge in [0, 0.05) is 0 Å². The topological polar surface area (TPSA) is 75.3 Å². The van der Waals surface area contributed by atoms with Crippen LogP contribution in [0, 0.1) is 5.82 Å². The molecule has 0 bridgehead atoms. The Morgan fingerprint density at radius 1 is 1.12 bits per heavy atom. The number of carbonyl (C=O) groups excluding carboxylic acids is 1. The molecular formula is C17H19FN2O3S. The monoisotopic (exact) mass is 350 g/mol. The van der Waals surface area contributed by atoms with Crippen molar-refractivity contribution in [3.05, 3.63) is 65.5 Å². The number of amides is 1. The van der Waals surface area contributed by atoms with Gasteiger partial charge < -0.3 is 0 Å². The zero-order chi connectivity index (χ0) is 17.7. The van der Waals surface area contributed by atoms with Gasteiger partial charge in [0.05, 0.1) is 10.5 Å². The molecule has 128 valence electrons. The average Bonchev–Trinajstić information content (AvgIpc) is 2.59. The van der Waals surface area contributed by atoms with Crippen molar-refractivity contribution in [1.82, 2.24) is 10.3 Å². The van der Waals surface area contributed by atoms with Gasteiger partial charge in [0.25, 0.3) is 15.9 Å². The predicted octanol–water partition coefficient (Wildman–Crippen LogP) is 2.96. The van der Waals surface area contributed by atoms with Gasteiger partial charge in [-0.3, -0.25) is 10.2 Å². The Hall–Kier alpha value is -2.25. The molecule has 0 spiro atoms. The second-order valence-electron chi connectivity index (χ2n) is 5.42. The molecule has 0 aliphatic rings. The Bertz CT molecular complexity index is 820. The van der Waals surface area contributed by atoms with Crippen LogP contribution in [-0.2, 0) is 10.0 Å². The summed E-state index contributed by atoms with van der Waals surface area (Å²) in [5.74, 6) is -1.27. The summed E-state index contributed by atoms with van der Waals surface area (Å²) >= 11 is 0. The highest BCUT2D eigenvalue weighted by Gasteiger charge is 2.17. The zero-order valence-electron chi connectivity index (χ0n) is 13.4. The summed E-state index contributed by atoms with van der Waals surface area (Å²) in [7, 11) is -3.93. The van der Waals surface area contributed by atoms with E-state index >= 15 is 0 Å². The van der Waals surface area contributed by atoms with Gasteiger partial charge in [-0.2, -0.15) is 0 Å². The van der Waals surface area contributed by atoms with E-state index in [1.54, 1.807) is 12.1 Å². The van der Waals surface area contributed by atoms with Crippen LogP contribution in [0.1, 0.15) is 42.1 Å². The van der Waals surface area contributed by atoms with Gasteiger partial charge in [-0.1, -0.05) is 38.1 Å². The molecule has 0 aliphatic heterocycles. The number of benzene rings is 2. The first-order chi connectivity index (χ1) is 11.3. The second-order valence-corrected chi connectivity index (χ2v) is 7.10. The third-order valence-corrected chi connectivity index (χ3v) is 5.05. The van der Waals surface area contributed by atoms with Gasteiger partial charge in [-0.15, -0.1) is 4.83 Å². The first-order valence-corrected chi connectivity index (χ1v) is 9.00. The maximum atomic E-state index is 13.5. The number of hydrogen-bond acceptors (Lipinski definition) is 3. The first kappa shape index (κ1) is 18.1. The van der Waals surface area contributed by atoms with Gasteiger partial charge in [0.2, 0.25) is 0 Å². The minimum atomic E-state index is -3.93. The highest BCUT2D eigenvalue weighted by molar-refractivity contribution is 7.89. The molecule has 0 heterocycles. The highest BCUT2D eigenvalue weighted by atomic mass is 32.2. The number of nitrogens with one attached hydrogen (secondary N) is 2. The number of carbonyl (C=O) groups is 1. The van der Waals surface area contributed by atoms with Gasteiger partial charge >= 0.3 is 0 Å². The molecule has 2 N–H and O–H groups in total. The second kappa shape index (κ2) is 7.55. The fourth-order valence-electron chi connectivity index (χ4n) is 2.10.